The van der Waals surface area contributed by atoms with Gasteiger partial charge in [-0.25, -0.2) is 4.98 Å². The number of nitrogens with two attached hydrogens (primary N) is 1. The number of amides is 1. The molecule has 7 heteroatoms. The van der Waals surface area contributed by atoms with Gasteiger partial charge in [-0.05, 0) is 45.0 Å². The summed E-state index contributed by atoms with van der Waals surface area (Å²) in [7, 11) is 1.66. The fourth-order valence-corrected chi connectivity index (χ4v) is 4.13. The second-order valence-corrected chi connectivity index (χ2v) is 7.89. The molecular formula is C18H24N4O2S. The van der Waals surface area contributed by atoms with Crippen LogP contribution in [0.25, 0.3) is 0 Å². The first kappa shape index (κ1) is 17.5. The standard InChI is InChI=1S/C18H24N4O2S/c1-12-15(25-17(19)20-12)16(23)21-9-10-22(18(2,3)11-21)13-5-7-14(24-4)8-6-13/h5-8H,9-11H2,1-4H3,(H2,19,20). The molecule has 0 atom stereocenters. The first-order valence-corrected chi connectivity index (χ1v) is 9.07. The van der Waals surface area contributed by atoms with Crippen LogP contribution >= 0.6 is 11.3 Å². The van der Waals surface area contributed by atoms with Gasteiger partial charge >= 0.3 is 0 Å². The smallest absolute Gasteiger partial charge is 0.266 e. The Balaban J connectivity index is 1.77. The van der Waals surface area contributed by atoms with Crippen LogP contribution in [0.5, 0.6) is 5.75 Å². The van der Waals surface area contributed by atoms with Crippen molar-refractivity contribution < 1.29 is 9.53 Å². The highest BCUT2D eigenvalue weighted by atomic mass is 32.1. The van der Waals surface area contributed by atoms with E-state index >= 15 is 0 Å². The number of thiazole rings is 1. The summed E-state index contributed by atoms with van der Waals surface area (Å²) in [5.74, 6) is 0.864. The number of nitrogens with zero attached hydrogens (tertiary/aromatic N) is 3. The number of carbonyl (C=O) groups excluding carboxylic acids is 1. The minimum absolute atomic E-state index is 0.0224. The van der Waals surface area contributed by atoms with E-state index in [1.165, 1.54) is 11.3 Å². The third-order valence-electron chi connectivity index (χ3n) is 4.58. The highest BCUT2D eigenvalue weighted by Crippen LogP contribution is 2.31. The molecule has 134 valence electrons. The van der Waals surface area contributed by atoms with Gasteiger partial charge in [0.2, 0.25) is 0 Å². The summed E-state index contributed by atoms with van der Waals surface area (Å²) < 4.78 is 5.23. The van der Waals surface area contributed by atoms with Gasteiger partial charge < -0.3 is 20.3 Å². The second kappa shape index (κ2) is 6.55. The Morgan fingerprint density at radius 3 is 2.48 bits per heavy atom. The van der Waals surface area contributed by atoms with Gasteiger partial charge in [-0.1, -0.05) is 11.3 Å². The van der Waals surface area contributed by atoms with Crippen molar-refractivity contribution in [1.82, 2.24) is 9.88 Å². The molecule has 0 radical (unpaired) electrons. The number of methoxy groups -OCH3 is 1. The molecule has 3 rings (SSSR count). The lowest BCUT2D eigenvalue weighted by molar-refractivity contribution is 0.0690. The summed E-state index contributed by atoms with van der Waals surface area (Å²) in [6.07, 6.45) is 0. The molecule has 0 saturated carbocycles. The zero-order valence-corrected chi connectivity index (χ0v) is 15.9. The van der Waals surface area contributed by atoms with Crippen LogP contribution in [0.4, 0.5) is 10.8 Å². The van der Waals surface area contributed by atoms with E-state index in [1.54, 1.807) is 7.11 Å². The molecule has 2 N–H and O–H groups in total. The fourth-order valence-electron chi connectivity index (χ4n) is 3.33. The first-order chi connectivity index (χ1) is 11.8. The van der Waals surface area contributed by atoms with Crippen molar-refractivity contribution in [3.8, 4) is 5.75 Å². The fraction of sp³-hybridized carbons (Fsp3) is 0.444. The van der Waals surface area contributed by atoms with E-state index in [1.807, 2.05) is 24.0 Å². The Kier molecular flexibility index (Phi) is 4.60. The molecule has 2 heterocycles. The van der Waals surface area contributed by atoms with E-state index in [-0.39, 0.29) is 11.4 Å². The summed E-state index contributed by atoms with van der Waals surface area (Å²) in [6.45, 7) is 8.24. The van der Waals surface area contributed by atoms with Crippen LogP contribution in [0.1, 0.15) is 29.2 Å². The van der Waals surface area contributed by atoms with Crippen LogP contribution in [0, 0.1) is 6.92 Å². The number of hydrogen-bond acceptors (Lipinski definition) is 6. The topological polar surface area (TPSA) is 71.7 Å². The Hall–Kier alpha value is -2.28. The summed E-state index contributed by atoms with van der Waals surface area (Å²) in [6, 6.07) is 8.05. The summed E-state index contributed by atoms with van der Waals surface area (Å²) >= 11 is 1.27. The van der Waals surface area contributed by atoms with Gasteiger partial charge in [0.1, 0.15) is 10.6 Å². The van der Waals surface area contributed by atoms with Gasteiger partial charge in [-0.3, -0.25) is 4.79 Å². The van der Waals surface area contributed by atoms with E-state index < -0.39 is 0 Å². The average Bonchev–Trinajstić information content (AvgIpc) is 2.92. The first-order valence-electron chi connectivity index (χ1n) is 8.26. The third kappa shape index (κ3) is 3.42. The van der Waals surface area contributed by atoms with Crippen molar-refractivity contribution in [3.63, 3.8) is 0 Å². The van der Waals surface area contributed by atoms with Crippen molar-refractivity contribution in [3.05, 3.63) is 34.8 Å². The van der Waals surface area contributed by atoms with Crippen molar-refractivity contribution in [2.24, 2.45) is 0 Å². The Morgan fingerprint density at radius 2 is 1.96 bits per heavy atom. The maximum atomic E-state index is 12.9. The second-order valence-electron chi connectivity index (χ2n) is 6.86. The van der Waals surface area contributed by atoms with Crippen molar-refractivity contribution >= 4 is 28.1 Å². The molecule has 1 aliphatic rings. The number of piperazine rings is 1. The summed E-state index contributed by atoms with van der Waals surface area (Å²) in [4.78, 5) is 21.9. The number of rotatable bonds is 3. The lowest BCUT2D eigenvalue weighted by atomic mass is 9.97. The number of hydrogen-bond donors (Lipinski definition) is 1. The highest BCUT2D eigenvalue weighted by Gasteiger charge is 2.36. The van der Waals surface area contributed by atoms with Gasteiger partial charge in [-0.2, -0.15) is 0 Å². The Bertz CT molecular complexity index is 770. The number of nitrogen functional groups attached to an aromatic ring is 1. The number of aromatic nitrogens is 1. The molecule has 1 aliphatic heterocycles. The molecule has 0 bridgehead atoms. The minimum Gasteiger partial charge on any atom is -0.497 e. The molecule has 0 aliphatic carbocycles. The maximum Gasteiger partial charge on any atom is 0.266 e. The minimum atomic E-state index is -0.174. The predicted octanol–water partition coefficient (Wildman–Crippen LogP) is 2.78. The summed E-state index contributed by atoms with van der Waals surface area (Å²) in [5.41, 5.74) is 7.41. The molecule has 1 amide bonds. The molecule has 6 nitrogen and oxygen atoms in total. The van der Waals surface area contributed by atoms with Gasteiger partial charge in [0.25, 0.3) is 5.91 Å². The predicted molar refractivity (Wildman–Crippen MR) is 102 cm³/mol. The van der Waals surface area contributed by atoms with E-state index in [9.17, 15) is 4.79 Å². The van der Waals surface area contributed by atoms with Gasteiger partial charge in [0.15, 0.2) is 5.13 Å². The molecule has 2 aromatic rings. The number of anilines is 2. The zero-order valence-electron chi connectivity index (χ0n) is 15.1. The molecule has 0 unspecified atom stereocenters. The zero-order chi connectivity index (χ0) is 18.2. The van der Waals surface area contributed by atoms with Crippen LogP contribution in [0.15, 0.2) is 24.3 Å². The van der Waals surface area contributed by atoms with E-state index in [0.717, 1.165) is 18.0 Å². The lowest BCUT2D eigenvalue weighted by Crippen LogP contribution is -2.60. The van der Waals surface area contributed by atoms with Crippen LogP contribution in [-0.4, -0.2) is 48.1 Å². The molecule has 1 fully saturated rings. The molecular weight excluding hydrogens is 336 g/mol. The van der Waals surface area contributed by atoms with Crippen LogP contribution in [-0.2, 0) is 0 Å². The quantitative estimate of drug-likeness (QED) is 0.911. The molecule has 25 heavy (non-hydrogen) atoms. The molecule has 1 aromatic carbocycles. The lowest BCUT2D eigenvalue weighted by Gasteiger charge is -2.48. The third-order valence-corrected chi connectivity index (χ3v) is 5.56. The van der Waals surface area contributed by atoms with Crippen LogP contribution in [0.2, 0.25) is 0 Å². The van der Waals surface area contributed by atoms with Gasteiger partial charge in [0, 0.05) is 25.3 Å². The monoisotopic (exact) mass is 360 g/mol. The van der Waals surface area contributed by atoms with Gasteiger partial charge in [-0.15, -0.1) is 0 Å². The normalized spacial score (nSPS) is 16.8. The largest absolute Gasteiger partial charge is 0.497 e. The highest BCUT2D eigenvalue weighted by molar-refractivity contribution is 7.17. The van der Waals surface area contributed by atoms with Crippen molar-refractivity contribution in [2.75, 3.05) is 37.4 Å². The van der Waals surface area contributed by atoms with E-state index in [0.29, 0.717) is 28.8 Å². The van der Waals surface area contributed by atoms with Crippen LogP contribution < -0.4 is 15.4 Å². The van der Waals surface area contributed by atoms with Crippen molar-refractivity contribution in [2.45, 2.75) is 26.3 Å². The van der Waals surface area contributed by atoms with Crippen LogP contribution in [0.3, 0.4) is 0 Å². The number of aryl methyl sites for hydroxylation is 1. The molecule has 1 aromatic heterocycles. The molecule has 1 saturated heterocycles. The number of ether oxygens (including phenoxy) is 1. The number of carbonyl (C=O) groups is 1. The number of benzene rings is 1. The maximum absolute atomic E-state index is 12.9. The van der Waals surface area contributed by atoms with E-state index in [2.05, 4.69) is 35.9 Å². The Labute approximate surface area is 152 Å². The SMILES string of the molecule is COc1ccc(N2CCN(C(=O)c3sc(N)nc3C)CC2(C)C)cc1. The molecule has 0 spiro atoms. The van der Waals surface area contributed by atoms with E-state index in [4.69, 9.17) is 10.5 Å². The van der Waals surface area contributed by atoms with Crippen molar-refractivity contribution in [1.29, 1.82) is 0 Å². The Morgan fingerprint density at radius 1 is 1.28 bits per heavy atom. The average molecular weight is 360 g/mol. The van der Waals surface area contributed by atoms with Gasteiger partial charge in [0.05, 0.1) is 18.3 Å². The summed E-state index contributed by atoms with van der Waals surface area (Å²) in [5, 5.41) is 0.442.